The topological polar surface area (TPSA) is 100 Å². The summed E-state index contributed by atoms with van der Waals surface area (Å²) in [6.07, 6.45) is 1.50. The molecule has 1 heterocycles. The van der Waals surface area contributed by atoms with Crippen LogP contribution in [0, 0.1) is 0 Å². The molecule has 0 radical (unpaired) electrons. The van der Waals surface area contributed by atoms with Gasteiger partial charge < -0.3 is 20.3 Å². The van der Waals surface area contributed by atoms with Gasteiger partial charge in [-0.05, 0) is 26.0 Å². The average Bonchev–Trinajstić information content (AvgIpc) is 2.76. The van der Waals surface area contributed by atoms with Crippen LogP contribution in [0.3, 0.4) is 0 Å². The lowest BCUT2D eigenvalue weighted by molar-refractivity contribution is -0.137. The molecule has 3 N–H and O–H groups in total. The lowest BCUT2D eigenvalue weighted by Gasteiger charge is -2.14. The molecule has 0 aliphatic rings. The van der Waals surface area contributed by atoms with Crippen molar-refractivity contribution in [2.45, 2.75) is 26.4 Å². The van der Waals surface area contributed by atoms with Crippen molar-refractivity contribution in [2.75, 3.05) is 6.54 Å². The first-order chi connectivity index (χ1) is 8.95. The van der Waals surface area contributed by atoms with Gasteiger partial charge in [0.1, 0.15) is 18.3 Å². The third-order valence-corrected chi connectivity index (χ3v) is 2.46. The molecule has 1 aromatic heterocycles. The maximum atomic E-state index is 11.9. The summed E-state index contributed by atoms with van der Waals surface area (Å²) < 4.78 is 1.31. The number of hydrogen-bond donors (Lipinski definition) is 3. The zero-order chi connectivity index (χ0) is 14.4. The summed E-state index contributed by atoms with van der Waals surface area (Å²) in [6.45, 7) is 3.53. The van der Waals surface area contributed by atoms with Gasteiger partial charge in [-0.3, -0.25) is 14.4 Å². The fourth-order valence-electron chi connectivity index (χ4n) is 1.57. The first-order valence-corrected chi connectivity index (χ1v) is 5.91. The summed E-state index contributed by atoms with van der Waals surface area (Å²) >= 11 is 0. The zero-order valence-corrected chi connectivity index (χ0v) is 10.8. The molecule has 1 unspecified atom stereocenters. The maximum Gasteiger partial charge on any atom is 0.323 e. The molecule has 2 amide bonds. The van der Waals surface area contributed by atoms with Crippen LogP contribution in [0.1, 0.15) is 24.3 Å². The number of hydrogen-bond acceptors (Lipinski definition) is 3. The average molecular weight is 267 g/mol. The summed E-state index contributed by atoms with van der Waals surface area (Å²) in [6, 6.07) is 2.40. The van der Waals surface area contributed by atoms with Crippen molar-refractivity contribution in [1.29, 1.82) is 0 Å². The lowest BCUT2D eigenvalue weighted by atomic mass is 10.3. The molecule has 0 fully saturated rings. The molecule has 0 saturated heterocycles. The molecule has 7 heteroatoms. The van der Waals surface area contributed by atoms with Crippen molar-refractivity contribution in [1.82, 2.24) is 15.2 Å². The van der Waals surface area contributed by atoms with Crippen LogP contribution in [0.4, 0.5) is 0 Å². The van der Waals surface area contributed by atoms with Crippen LogP contribution in [-0.2, 0) is 16.1 Å². The van der Waals surface area contributed by atoms with Crippen molar-refractivity contribution < 1.29 is 19.5 Å². The van der Waals surface area contributed by atoms with Gasteiger partial charge in [0.2, 0.25) is 5.91 Å². The smallest absolute Gasteiger partial charge is 0.323 e. The highest BCUT2D eigenvalue weighted by molar-refractivity contribution is 5.96. The van der Waals surface area contributed by atoms with Gasteiger partial charge in [-0.15, -0.1) is 0 Å². The Balaban J connectivity index is 2.70. The first kappa shape index (κ1) is 14.7. The molecule has 1 atom stereocenters. The Morgan fingerprint density at radius 3 is 2.68 bits per heavy atom. The molecule has 0 spiro atoms. The van der Waals surface area contributed by atoms with Gasteiger partial charge in [-0.25, -0.2) is 0 Å². The number of likely N-dealkylation sites (N-methyl/N-ethyl adjacent to an activating group) is 1. The summed E-state index contributed by atoms with van der Waals surface area (Å²) in [4.78, 5) is 34.0. The molecule has 1 rings (SSSR count). The minimum Gasteiger partial charge on any atom is -0.480 e. The number of carboxylic acids is 1. The Morgan fingerprint density at radius 1 is 1.42 bits per heavy atom. The second-order valence-corrected chi connectivity index (χ2v) is 4.00. The molecule has 7 nitrogen and oxygen atoms in total. The minimum absolute atomic E-state index is 0.207. The van der Waals surface area contributed by atoms with Gasteiger partial charge in [0.25, 0.3) is 5.91 Å². The Kier molecular flexibility index (Phi) is 5.11. The van der Waals surface area contributed by atoms with Gasteiger partial charge in [0.15, 0.2) is 0 Å². The molecule has 0 saturated carbocycles. The van der Waals surface area contributed by atoms with Crippen LogP contribution >= 0.6 is 0 Å². The molecule has 0 aliphatic heterocycles. The highest BCUT2D eigenvalue weighted by atomic mass is 16.4. The van der Waals surface area contributed by atoms with Crippen molar-refractivity contribution in [2.24, 2.45) is 0 Å². The quantitative estimate of drug-likeness (QED) is 0.666. The summed E-state index contributed by atoms with van der Waals surface area (Å²) in [5.41, 5.74) is 0.207. The van der Waals surface area contributed by atoms with Gasteiger partial charge >= 0.3 is 5.97 Å². The van der Waals surface area contributed by atoms with Gasteiger partial charge in [0.05, 0.1) is 0 Å². The van der Waals surface area contributed by atoms with Crippen LogP contribution in [0.25, 0.3) is 0 Å². The molecule has 0 bridgehead atoms. The second-order valence-electron chi connectivity index (χ2n) is 4.00. The number of amides is 2. The second kappa shape index (κ2) is 6.58. The van der Waals surface area contributed by atoms with E-state index in [-0.39, 0.29) is 18.1 Å². The van der Waals surface area contributed by atoms with E-state index in [0.717, 1.165) is 0 Å². The third-order valence-electron chi connectivity index (χ3n) is 2.46. The minimum atomic E-state index is -1.04. The van der Waals surface area contributed by atoms with Crippen molar-refractivity contribution in [3.05, 3.63) is 24.0 Å². The van der Waals surface area contributed by atoms with E-state index in [9.17, 15) is 14.4 Å². The van der Waals surface area contributed by atoms with Gasteiger partial charge in [-0.2, -0.15) is 0 Å². The van der Waals surface area contributed by atoms with E-state index >= 15 is 0 Å². The summed E-state index contributed by atoms with van der Waals surface area (Å²) in [5.74, 6) is -1.81. The molecule has 0 aliphatic carbocycles. The monoisotopic (exact) mass is 267 g/mol. The lowest BCUT2D eigenvalue weighted by Crippen LogP contribution is -2.45. The fraction of sp³-hybridized carbons (Fsp3) is 0.417. The Hall–Kier alpha value is -2.31. The van der Waals surface area contributed by atoms with Crippen molar-refractivity contribution >= 4 is 17.8 Å². The third kappa shape index (κ3) is 4.13. The van der Waals surface area contributed by atoms with E-state index in [1.54, 1.807) is 19.9 Å². The van der Waals surface area contributed by atoms with Crippen molar-refractivity contribution in [3.63, 3.8) is 0 Å². The van der Waals surface area contributed by atoms with E-state index in [2.05, 4.69) is 10.6 Å². The van der Waals surface area contributed by atoms with Gasteiger partial charge in [-0.1, -0.05) is 0 Å². The zero-order valence-electron chi connectivity index (χ0n) is 10.8. The standard InChI is InChI=1S/C12H17N3O4/c1-3-13-11(18)8(2)14-12(19)9-5-4-6-15(9)7-10(16)17/h4-6,8H,3,7H2,1-2H3,(H,13,18)(H,14,19)(H,16,17). The molecule has 0 aromatic carbocycles. The van der Waals surface area contributed by atoms with Crippen molar-refractivity contribution in [3.8, 4) is 0 Å². The van der Waals surface area contributed by atoms with Crippen LogP contribution in [0.5, 0.6) is 0 Å². The van der Waals surface area contributed by atoms with E-state index in [0.29, 0.717) is 6.54 Å². The number of carboxylic acid groups (broad SMARTS) is 1. The first-order valence-electron chi connectivity index (χ1n) is 5.91. The maximum absolute atomic E-state index is 11.9. The molecule has 19 heavy (non-hydrogen) atoms. The number of nitrogens with one attached hydrogen (secondary N) is 2. The Labute approximate surface area is 110 Å². The van der Waals surface area contributed by atoms with E-state index in [1.165, 1.54) is 16.8 Å². The predicted molar refractivity (Wildman–Crippen MR) is 67.7 cm³/mol. The summed E-state index contributed by atoms with van der Waals surface area (Å²) in [5, 5.41) is 13.8. The molecule has 1 aromatic rings. The van der Waals surface area contributed by atoms with Crippen LogP contribution in [0.2, 0.25) is 0 Å². The number of nitrogens with zero attached hydrogens (tertiary/aromatic N) is 1. The van der Waals surface area contributed by atoms with E-state index in [4.69, 9.17) is 5.11 Å². The number of aromatic nitrogens is 1. The molecule has 104 valence electrons. The van der Waals surface area contributed by atoms with Gasteiger partial charge in [0, 0.05) is 12.7 Å². The summed E-state index contributed by atoms with van der Waals surface area (Å²) in [7, 11) is 0. The van der Waals surface area contributed by atoms with Crippen LogP contribution in [0.15, 0.2) is 18.3 Å². The number of rotatable bonds is 6. The van der Waals surface area contributed by atoms with E-state index < -0.39 is 17.9 Å². The normalized spacial score (nSPS) is 11.7. The fourth-order valence-corrected chi connectivity index (χ4v) is 1.57. The van der Waals surface area contributed by atoms with E-state index in [1.807, 2.05) is 0 Å². The largest absolute Gasteiger partial charge is 0.480 e. The SMILES string of the molecule is CCNC(=O)C(C)NC(=O)c1cccn1CC(=O)O. The number of carbonyl (C=O) groups is 3. The number of carbonyl (C=O) groups excluding carboxylic acids is 2. The molecular formula is C12H17N3O4. The predicted octanol–water partition coefficient (Wildman–Crippen LogP) is -0.173. The Bertz CT molecular complexity index is 481. The highest BCUT2D eigenvalue weighted by Crippen LogP contribution is 2.03. The van der Waals surface area contributed by atoms with Crippen LogP contribution < -0.4 is 10.6 Å². The van der Waals surface area contributed by atoms with Crippen LogP contribution in [-0.4, -0.2) is 40.0 Å². The highest BCUT2D eigenvalue weighted by Gasteiger charge is 2.18. The number of aliphatic carboxylic acids is 1. The molecular weight excluding hydrogens is 250 g/mol. The Morgan fingerprint density at radius 2 is 2.11 bits per heavy atom.